The van der Waals surface area contributed by atoms with Gasteiger partial charge in [-0.3, -0.25) is 13.8 Å². The lowest BCUT2D eigenvalue weighted by atomic mass is 10.0. The molecular formula is C32H68N2O6P+. The maximum absolute atomic E-state index is 12.4. The van der Waals surface area contributed by atoms with Crippen LogP contribution in [-0.2, 0) is 18.4 Å². The zero-order valence-corrected chi connectivity index (χ0v) is 28.4. The molecule has 0 radical (unpaired) electrons. The first kappa shape index (κ1) is 40.5. The number of nitrogens with one attached hydrogen (secondary N) is 1. The van der Waals surface area contributed by atoms with Crippen molar-refractivity contribution < 1.29 is 32.9 Å². The van der Waals surface area contributed by atoms with E-state index in [0.29, 0.717) is 23.9 Å². The van der Waals surface area contributed by atoms with Crippen LogP contribution in [0.2, 0.25) is 0 Å². The molecule has 0 heterocycles. The van der Waals surface area contributed by atoms with Gasteiger partial charge in [-0.2, -0.15) is 0 Å². The largest absolute Gasteiger partial charge is 0.472 e. The molecule has 3 unspecified atom stereocenters. The van der Waals surface area contributed by atoms with Gasteiger partial charge in [-0.15, -0.1) is 0 Å². The Morgan fingerprint density at radius 1 is 0.732 bits per heavy atom. The van der Waals surface area contributed by atoms with Crippen LogP contribution in [0.5, 0.6) is 0 Å². The normalized spacial score (nSPS) is 15.0. The minimum absolute atomic E-state index is 0.0765. The first-order valence-corrected chi connectivity index (χ1v) is 18.4. The van der Waals surface area contributed by atoms with Gasteiger partial charge in [-0.1, -0.05) is 129 Å². The van der Waals surface area contributed by atoms with E-state index in [4.69, 9.17) is 9.05 Å². The van der Waals surface area contributed by atoms with Gasteiger partial charge >= 0.3 is 7.82 Å². The Kier molecular flexibility index (Phi) is 25.6. The third-order valence-corrected chi connectivity index (χ3v) is 8.59. The molecule has 41 heavy (non-hydrogen) atoms. The Morgan fingerprint density at radius 2 is 1.17 bits per heavy atom. The summed E-state index contributed by atoms with van der Waals surface area (Å²) < 4.78 is 23.2. The quantitative estimate of drug-likeness (QED) is 0.0435. The van der Waals surface area contributed by atoms with Crippen LogP contribution in [0.25, 0.3) is 0 Å². The van der Waals surface area contributed by atoms with Crippen LogP contribution in [0.3, 0.4) is 0 Å². The third kappa shape index (κ3) is 28.1. The number of aliphatic hydroxyl groups excluding tert-OH is 1. The van der Waals surface area contributed by atoms with Crippen molar-refractivity contribution >= 4 is 13.7 Å². The lowest BCUT2D eigenvalue weighted by molar-refractivity contribution is -0.870. The Hall–Kier alpha value is -0.500. The fourth-order valence-corrected chi connectivity index (χ4v) is 5.54. The highest BCUT2D eigenvalue weighted by Gasteiger charge is 2.28. The summed E-state index contributed by atoms with van der Waals surface area (Å²) in [6.07, 6.45) is 23.4. The number of amides is 1. The summed E-state index contributed by atoms with van der Waals surface area (Å²) in [5.74, 6) is -0.170. The molecule has 8 nitrogen and oxygen atoms in total. The number of quaternary nitrogens is 1. The molecule has 0 aliphatic carbocycles. The molecule has 0 bridgehead atoms. The van der Waals surface area contributed by atoms with Gasteiger partial charge in [0.2, 0.25) is 5.91 Å². The fraction of sp³-hybridized carbons (Fsp3) is 0.969. The summed E-state index contributed by atoms with van der Waals surface area (Å²) >= 11 is 0. The average Bonchev–Trinajstić information content (AvgIpc) is 2.90. The molecule has 0 aliphatic heterocycles. The van der Waals surface area contributed by atoms with Crippen LogP contribution >= 0.6 is 7.82 Å². The SMILES string of the molecule is CCCCCCCCCCCCCCCCCCC(O)C(COP(=O)(O)OCC[N+](C)(C)C)NC(=O)CCCCC. The number of likely N-dealkylation sites (N-methyl/N-ethyl adjacent to an activating group) is 1. The monoisotopic (exact) mass is 607 g/mol. The number of phosphoric acid groups is 1. The second-order valence-corrected chi connectivity index (χ2v) is 14.4. The lowest BCUT2D eigenvalue weighted by Crippen LogP contribution is -2.46. The highest BCUT2D eigenvalue weighted by atomic mass is 31.2. The summed E-state index contributed by atoms with van der Waals surface area (Å²) in [5.41, 5.74) is 0. The van der Waals surface area contributed by atoms with E-state index in [2.05, 4.69) is 19.2 Å². The molecule has 3 atom stereocenters. The number of rotatable bonds is 30. The van der Waals surface area contributed by atoms with Crippen molar-refractivity contribution in [1.29, 1.82) is 0 Å². The van der Waals surface area contributed by atoms with Crippen LogP contribution in [0.4, 0.5) is 0 Å². The summed E-state index contributed by atoms with van der Waals surface area (Å²) in [6.45, 7) is 4.70. The zero-order chi connectivity index (χ0) is 30.8. The molecule has 1 amide bonds. The number of aliphatic hydroxyl groups is 1. The van der Waals surface area contributed by atoms with Gasteiger partial charge in [0.05, 0.1) is 39.9 Å². The lowest BCUT2D eigenvalue weighted by Gasteiger charge is -2.26. The molecule has 0 aliphatic rings. The first-order chi connectivity index (χ1) is 19.5. The van der Waals surface area contributed by atoms with Gasteiger partial charge in [-0.05, 0) is 12.8 Å². The topological polar surface area (TPSA) is 105 Å². The van der Waals surface area contributed by atoms with Crippen LogP contribution in [-0.4, -0.2) is 73.4 Å². The number of unbranched alkanes of at least 4 members (excludes halogenated alkanes) is 17. The van der Waals surface area contributed by atoms with Crippen molar-refractivity contribution in [2.75, 3.05) is 40.9 Å². The number of hydrogen-bond acceptors (Lipinski definition) is 5. The van der Waals surface area contributed by atoms with E-state index < -0.39 is 20.0 Å². The van der Waals surface area contributed by atoms with Crippen molar-refractivity contribution in [2.24, 2.45) is 0 Å². The van der Waals surface area contributed by atoms with Crippen LogP contribution in [0.1, 0.15) is 149 Å². The van der Waals surface area contributed by atoms with E-state index >= 15 is 0 Å². The molecule has 0 aromatic heterocycles. The molecule has 0 fully saturated rings. The highest BCUT2D eigenvalue weighted by molar-refractivity contribution is 7.47. The van der Waals surface area contributed by atoms with E-state index in [9.17, 15) is 19.4 Å². The summed E-state index contributed by atoms with van der Waals surface area (Å²) in [5, 5.41) is 13.6. The molecule has 0 rings (SSSR count). The van der Waals surface area contributed by atoms with E-state index in [-0.39, 0.29) is 19.1 Å². The van der Waals surface area contributed by atoms with Gasteiger partial charge in [0, 0.05) is 6.42 Å². The van der Waals surface area contributed by atoms with Gasteiger partial charge in [0.25, 0.3) is 0 Å². The van der Waals surface area contributed by atoms with Crippen molar-refractivity contribution in [3.8, 4) is 0 Å². The molecule has 0 aromatic carbocycles. The first-order valence-electron chi connectivity index (χ1n) is 16.9. The standard InChI is InChI=1S/C32H67N2O6P/c1-6-8-10-11-12-13-14-15-16-17-18-19-20-21-22-24-25-31(35)30(33-32(36)26-23-9-7-2)29-40-41(37,38)39-28-27-34(3,4)5/h30-31,35H,6-29H2,1-5H3,(H-,33,36,37,38)/p+1. The summed E-state index contributed by atoms with van der Waals surface area (Å²) in [4.78, 5) is 22.5. The zero-order valence-electron chi connectivity index (χ0n) is 27.5. The third-order valence-electron chi connectivity index (χ3n) is 7.61. The fourth-order valence-electron chi connectivity index (χ4n) is 4.81. The van der Waals surface area contributed by atoms with Crippen molar-refractivity contribution in [1.82, 2.24) is 5.32 Å². The average molecular weight is 608 g/mol. The maximum atomic E-state index is 12.4. The van der Waals surface area contributed by atoms with E-state index in [1.165, 1.54) is 83.5 Å². The van der Waals surface area contributed by atoms with Crippen molar-refractivity contribution in [3.63, 3.8) is 0 Å². The minimum Gasteiger partial charge on any atom is -0.391 e. The molecule has 0 saturated heterocycles. The van der Waals surface area contributed by atoms with E-state index in [1.54, 1.807) is 0 Å². The molecular weight excluding hydrogens is 539 g/mol. The molecule has 9 heteroatoms. The van der Waals surface area contributed by atoms with Crippen LogP contribution in [0.15, 0.2) is 0 Å². The van der Waals surface area contributed by atoms with Crippen molar-refractivity contribution in [3.05, 3.63) is 0 Å². The molecule has 246 valence electrons. The number of carbonyl (C=O) groups is 1. The van der Waals surface area contributed by atoms with Gasteiger partial charge in [0.1, 0.15) is 13.2 Å². The summed E-state index contributed by atoms with van der Waals surface area (Å²) in [7, 11) is 1.61. The van der Waals surface area contributed by atoms with Crippen molar-refractivity contribution in [2.45, 2.75) is 161 Å². The number of nitrogens with zero attached hydrogens (tertiary/aromatic N) is 1. The number of phosphoric ester groups is 1. The Balaban J connectivity index is 4.22. The Bertz CT molecular complexity index is 659. The highest BCUT2D eigenvalue weighted by Crippen LogP contribution is 2.43. The molecule has 0 spiro atoms. The molecule has 0 aromatic rings. The molecule has 3 N–H and O–H groups in total. The predicted molar refractivity (Wildman–Crippen MR) is 171 cm³/mol. The van der Waals surface area contributed by atoms with Crippen LogP contribution in [0, 0.1) is 0 Å². The van der Waals surface area contributed by atoms with Gasteiger partial charge < -0.3 is 19.8 Å². The Morgan fingerprint density at radius 3 is 1.63 bits per heavy atom. The second-order valence-electron chi connectivity index (χ2n) is 12.9. The number of hydrogen-bond donors (Lipinski definition) is 3. The Labute approximate surface area is 253 Å². The summed E-state index contributed by atoms with van der Waals surface area (Å²) in [6, 6.07) is -0.747. The molecule has 0 saturated carbocycles. The van der Waals surface area contributed by atoms with Gasteiger partial charge in [0.15, 0.2) is 0 Å². The second kappa shape index (κ2) is 25.9. The smallest absolute Gasteiger partial charge is 0.391 e. The maximum Gasteiger partial charge on any atom is 0.472 e. The van der Waals surface area contributed by atoms with E-state index in [1.807, 2.05) is 21.1 Å². The van der Waals surface area contributed by atoms with Crippen LogP contribution < -0.4 is 5.32 Å². The minimum atomic E-state index is -4.28. The van der Waals surface area contributed by atoms with E-state index in [0.717, 1.165) is 38.5 Å². The predicted octanol–water partition coefficient (Wildman–Crippen LogP) is 7.90. The number of carbonyl (C=O) groups excluding carboxylic acids is 1. The van der Waals surface area contributed by atoms with Gasteiger partial charge in [-0.25, -0.2) is 4.57 Å².